The van der Waals surface area contributed by atoms with Crippen molar-refractivity contribution >= 4 is 17.4 Å². The third-order valence-electron chi connectivity index (χ3n) is 3.43. The highest BCUT2D eigenvalue weighted by atomic mass is 35.5. The van der Waals surface area contributed by atoms with Crippen LogP contribution in [0.2, 0.25) is 5.02 Å². The van der Waals surface area contributed by atoms with Crippen LogP contribution in [0, 0.1) is 0 Å². The quantitative estimate of drug-likeness (QED) is 0.405. The van der Waals surface area contributed by atoms with E-state index < -0.39 is 0 Å². The minimum atomic E-state index is 0.416. The second kappa shape index (κ2) is 7.30. The summed E-state index contributed by atoms with van der Waals surface area (Å²) in [6, 6.07) is 10.5. The van der Waals surface area contributed by atoms with E-state index in [-0.39, 0.29) is 0 Å². The number of rotatable bonds is 3. The molecule has 0 radical (unpaired) electrons. The van der Waals surface area contributed by atoms with Crippen LogP contribution >= 0.6 is 11.6 Å². The number of halogens is 1. The summed E-state index contributed by atoms with van der Waals surface area (Å²) in [5.74, 6) is 1.53. The number of pyridine rings is 1. The number of amidine groups is 1. The van der Waals surface area contributed by atoms with Crippen LogP contribution in [-0.4, -0.2) is 47.2 Å². The third-order valence-corrected chi connectivity index (χ3v) is 3.69. The molecule has 1 aromatic heterocycles. The minimum Gasteiger partial charge on any atom is -0.439 e. The molecule has 0 spiro atoms. The maximum atomic E-state index is 9.37. The second-order valence-electron chi connectivity index (χ2n) is 4.96. The molecule has 0 bridgehead atoms. The van der Waals surface area contributed by atoms with E-state index in [9.17, 15) is 5.21 Å². The number of hydrogen-bond donors (Lipinski definition) is 1. The monoisotopic (exact) mass is 333 g/mol. The lowest BCUT2D eigenvalue weighted by atomic mass is 10.2. The summed E-state index contributed by atoms with van der Waals surface area (Å²) in [6.07, 6.45) is 1.62. The second-order valence-corrected chi connectivity index (χ2v) is 5.40. The Morgan fingerprint density at radius 1 is 1.22 bits per heavy atom. The first kappa shape index (κ1) is 15.6. The molecule has 23 heavy (non-hydrogen) atoms. The standard InChI is InChI=1S/C16H16ClN3O3/c17-13-1-3-14(4-2-13)23-15-11-12(5-6-18-15)16(19-21)20-7-9-22-10-8-20/h1-6,11,21H,7-10H2/b19-16-. The maximum absolute atomic E-state index is 9.37. The molecule has 1 fully saturated rings. The zero-order valence-electron chi connectivity index (χ0n) is 12.4. The minimum absolute atomic E-state index is 0.416. The summed E-state index contributed by atoms with van der Waals surface area (Å²) in [5, 5.41) is 13.4. The lowest BCUT2D eigenvalue weighted by Crippen LogP contribution is -2.41. The Kier molecular flexibility index (Phi) is 4.95. The lowest BCUT2D eigenvalue weighted by Gasteiger charge is -2.28. The highest BCUT2D eigenvalue weighted by molar-refractivity contribution is 6.30. The van der Waals surface area contributed by atoms with Gasteiger partial charge in [0.15, 0.2) is 5.84 Å². The molecule has 2 heterocycles. The van der Waals surface area contributed by atoms with Crippen LogP contribution in [-0.2, 0) is 4.74 Å². The first-order chi connectivity index (χ1) is 11.3. The highest BCUT2D eigenvalue weighted by Gasteiger charge is 2.18. The Balaban J connectivity index is 1.79. The number of morpholine rings is 1. The fraction of sp³-hybridized carbons (Fsp3) is 0.250. The SMILES string of the molecule is O/N=C(/c1ccnc(Oc2ccc(Cl)cc2)c1)N1CCOCC1. The van der Waals surface area contributed by atoms with Crippen LogP contribution in [0.4, 0.5) is 0 Å². The average Bonchev–Trinajstić information content (AvgIpc) is 2.59. The van der Waals surface area contributed by atoms with Gasteiger partial charge < -0.3 is 19.6 Å². The molecule has 0 aliphatic carbocycles. The number of nitrogens with zero attached hydrogens (tertiary/aromatic N) is 3. The van der Waals surface area contributed by atoms with Gasteiger partial charge in [0.1, 0.15) is 5.75 Å². The van der Waals surface area contributed by atoms with E-state index in [1.165, 1.54) is 0 Å². The van der Waals surface area contributed by atoms with Gasteiger partial charge in [-0.1, -0.05) is 16.8 Å². The molecular weight excluding hydrogens is 318 g/mol. The summed E-state index contributed by atoms with van der Waals surface area (Å²) in [7, 11) is 0. The van der Waals surface area contributed by atoms with Crippen LogP contribution in [0.15, 0.2) is 47.8 Å². The maximum Gasteiger partial charge on any atom is 0.219 e. The van der Waals surface area contributed by atoms with Gasteiger partial charge in [0.25, 0.3) is 0 Å². The first-order valence-corrected chi connectivity index (χ1v) is 7.58. The van der Waals surface area contributed by atoms with E-state index in [2.05, 4.69) is 10.1 Å². The molecule has 1 aliphatic heterocycles. The Bertz CT molecular complexity index is 685. The van der Waals surface area contributed by atoms with E-state index in [0.29, 0.717) is 48.8 Å². The molecule has 0 unspecified atom stereocenters. The van der Waals surface area contributed by atoms with E-state index in [0.717, 1.165) is 5.56 Å². The van der Waals surface area contributed by atoms with Crippen molar-refractivity contribution in [3.63, 3.8) is 0 Å². The number of benzene rings is 1. The van der Waals surface area contributed by atoms with Gasteiger partial charge in [-0.05, 0) is 30.3 Å². The lowest BCUT2D eigenvalue weighted by molar-refractivity contribution is 0.0668. The van der Waals surface area contributed by atoms with Gasteiger partial charge >= 0.3 is 0 Å². The van der Waals surface area contributed by atoms with Crippen molar-refractivity contribution in [2.24, 2.45) is 5.16 Å². The molecule has 1 saturated heterocycles. The van der Waals surface area contributed by atoms with Gasteiger partial charge in [-0.15, -0.1) is 0 Å². The van der Waals surface area contributed by atoms with E-state index in [1.807, 2.05) is 4.90 Å². The topological polar surface area (TPSA) is 67.2 Å². The molecule has 120 valence electrons. The van der Waals surface area contributed by atoms with Gasteiger partial charge in [0.2, 0.25) is 5.88 Å². The van der Waals surface area contributed by atoms with Gasteiger partial charge in [0.05, 0.1) is 13.2 Å². The van der Waals surface area contributed by atoms with Crippen LogP contribution < -0.4 is 4.74 Å². The fourth-order valence-electron chi connectivity index (χ4n) is 2.31. The van der Waals surface area contributed by atoms with Crippen molar-refractivity contribution in [1.29, 1.82) is 0 Å². The molecule has 3 rings (SSSR count). The Morgan fingerprint density at radius 2 is 1.96 bits per heavy atom. The van der Waals surface area contributed by atoms with E-state index >= 15 is 0 Å². The van der Waals surface area contributed by atoms with Crippen LogP contribution in [0.1, 0.15) is 5.56 Å². The number of hydrogen-bond acceptors (Lipinski definition) is 5. The molecule has 1 aromatic carbocycles. The summed E-state index contributed by atoms with van der Waals surface area (Å²) in [4.78, 5) is 6.15. The van der Waals surface area contributed by atoms with Crippen molar-refractivity contribution in [1.82, 2.24) is 9.88 Å². The van der Waals surface area contributed by atoms with Crippen molar-refractivity contribution in [2.45, 2.75) is 0 Å². The number of aromatic nitrogens is 1. The fourth-order valence-corrected chi connectivity index (χ4v) is 2.43. The van der Waals surface area contributed by atoms with Crippen molar-refractivity contribution in [2.75, 3.05) is 26.3 Å². The third kappa shape index (κ3) is 3.91. The van der Waals surface area contributed by atoms with Crippen LogP contribution in [0.5, 0.6) is 11.6 Å². The van der Waals surface area contributed by atoms with Crippen molar-refractivity contribution < 1.29 is 14.7 Å². The molecule has 0 amide bonds. The molecule has 1 aliphatic rings. The molecule has 6 nitrogen and oxygen atoms in total. The van der Waals surface area contributed by atoms with Gasteiger partial charge in [-0.2, -0.15) is 0 Å². The Labute approximate surface area is 138 Å². The predicted molar refractivity (Wildman–Crippen MR) is 86.5 cm³/mol. The predicted octanol–water partition coefficient (Wildman–Crippen LogP) is 3.00. The first-order valence-electron chi connectivity index (χ1n) is 7.21. The van der Waals surface area contributed by atoms with Crippen LogP contribution in [0.25, 0.3) is 0 Å². The normalized spacial score (nSPS) is 15.5. The Hall–Kier alpha value is -2.31. The zero-order valence-corrected chi connectivity index (χ0v) is 13.1. The summed E-state index contributed by atoms with van der Waals surface area (Å²) in [6.45, 7) is 2.57. The number of oxime groups is 1. The average molecular weight is 334 g/mol. The smallest absolute Gasteiger partial charge is 0.219 e. The molecule has 0 saturated carbocycles. The van der Waals surface area contributed by atoms with E-state index in [1.54, 1.807) is 42.6 Å². The summed E-state index contributed by atoms with van der Waals surface area (Å²) in [5.41, 5.74) is 0.730. The van der Waals surface area contributed by atoms with Crippen LogP contribution in [0.3, 0.4) is 0 Å². The summed E-state index contributed by atoms with van der Waals surface area (Å²) < 4.78 is 11.0. The summed E-state index contributed by atoms with van der Waals surface area (Å²) >= 11 is 5.86. The highest BCUT2D eigenvalue weighted by Crippen LogP contribution is 2.22. The van der Waals surface area contributed by atoms with Gasteiger partial charge in [-0.25, -0.2) is 4.98 Å². The van der Waals surface area contributed by atoms with Gasteiger partial charge in [0, 0.05) is 35.9 Å². The zero-order chi connectivity index (χ0) is 16.1. The molecule has 2 aromatic rings. The largest absolute Gasteiger partial charge is 0.439 e. The number of ether oxygens (including phenoxy) is 2. The molecule has 0 atom stereocenters. The molecule has 1 N–H and O–H groups in total. The Morgan fingerprint density at radius 3 is 2.65 bits per heavy atom. The van der Waals surface area contributed by atoms with Crippen molar-refractivity contribution in [3.8, 4) is 11.6 Å². The molecule has 7 heteroatoms. The van der Waals surface area contributed by atoms with Gasteiger partial charge in [-0.3, -0.25) is 0 Å². The van der Waals surface area contributed by atoms with Crippen molar-refractivity contribution in [3.05, 3.63) is 53.2 Å². The molecular formula is C16H16ClN3O3. The van der Waals surface area contributed by atoms with E-state index in [4.69, 9.17) is 21.1 Å².